The summed E-state index contributed by atoms with van der Waals surface area (Å²) in [6.07, 6.45) is 0. The molecule has 0 nitrogen and oxygen atoms in total. The van der Waals surface area contributed by atoms with Crippen molar-refractivity contribution in [2.24, 2.45) is 0 Å². The number of hydrogen-bond acceptors (Lipinski definition) is 0. The maximum absolute atomic E-state index is 2.22. The predicted octanol–water partition coefficient (Wildman–Crippen LogP) is -1.53. The van der Waals surface area contributed by atoms with Gasteiger partial charge in [0.25, 0.3) is 0 Å². The van der Waals surface area contributed by atoms with Gasteiger partial charge in [0.1, 0.15) is 0 Å². The van der Waals surface area contributed by atoms with E-state index >= 15 is 0 Å². The van der Waals surface area contributed by atoms with E-state index < -0.39 is 0 Å². The van der Waals surface area contributed by atoms with Gasteiger partial charge in [-0.3, -0.25) is 0 Å². The van der Waals surface area contributed by atoms with E-state index in [0.29, 0.717) is 0 Å². The molecule has 0 aliphatic rings. The van der Waals surface area contributed by atoms with Crippen molar-refractivity contribution in [3.05, 3.63) is 0 Å². The average Bonchev–Trinajstić information content (AvgIpc) is 0.722. The first-order valence-electron chi connectivity index (χ1n) is 0.492. The van der Waals surface area contributed by atoms with E-state index in [9.17, 15) is 0 Å². The quantitative estimate of drug-likeness (QED) is 0.309. The van der Waals surface area contributed by atoms with Crippen LogP contribution in [0.2, 0.25) is 0 Å². The van der Waals surface area contributed by atoms with Gasteiger partial charge in [0.05, 0.1) is 0 Å². The standard InChI is InChI=1S/Cu.4Te. The van der Waals surface area contributed by atoms with Gasteiger partial charge in [0.15, 0.2) is 0 Å². The van der Waals surface area contributed by atoms with E-state index in [0.717, 1.165) is 0 Å². The van der Waals surface area contributed by atoms with Crippen molar-refractivity contribution in [1.29, 1.82) is 0 Å². The van der Waals surface area contributed by atoms with Gasteiger partial charge in [-0.2, -0.15) is 0 Å². The summed E-state index contributed by atoms with van der Waals surface area (Å²) in [7, 11) is 0. The third-order valence-corrected chi connectivity index (χ3v) is 0. The molecule has 5 heteroatoms. The van der Waals surface area contributed by atoms with Crippen LogP contribution < -0.4 is 0 Å². The van der Waals surface area contributed by atoms with E-state index in [2.05, 4.69) is 77.9 Å². The summed E-state index contributed by atoms with van der Waals surface area (Å²) < 4.78 is -0.0850. The van der Waals surface area contributed by atoms with E-state index in [1.165, 1.54) is 0 Å². The second-order valence-electron chi connectivity index (χ2n) is 0.302. The Bertz CT molecular complexity index is 155. The van der Waals surface area contributed by atoms with Crippen LogP contribution in [-0.2, 0) is -2.16 Å². The summed E-state index contributed by atoms with van der Waals surface area (Å²) in [6.45, 7) is 0. The molecular formula is CuTe4. The van der Waals surface area contributed by atoms with Crippen molar-refractivity contribution in [2.45, 2.75) is 0 Å². The Labute approximate surface area is 73.4 Å². The Morgan fingerprint density at radius 3 is 0.800 bits per heavy atom. The maximum atomic E-state index is 2.22. The van der Waals surface area contributed by atoms with Gasteiger partial charge in [-0.25, -0.2) is 0 Å². The molecule has 0 fully saturated rings. The van der Waals surface area contributed by atoms with E-state index in [1.54, 1.807) is 0 Å². The Morgan fingerprint density at radius 2 is 0.800 bits per heavy atom. The fourth-order valence-corrected chi connectivity index (χ4v) is 0. The Morgan fingerprint density at radius 1 is 0.800 bits per heavy atom. The van der Waals surface area contributed by atoms with Crippen LogP contribution in [-0.4, -0.2) is 77.9 Å². The molecule has 0 atom stereocenters. The van der Waals surface area contributed by atoms with Crippen LogP contribution in [0.4, 0.5) is 0 Å². The zero-order valence-electron chi connectivity index (χ0n) is 1.93. The van der Waals surface area contributed by atoms with Crippen LogP contribution >= 0.6 is 0 Å². The molecule has 0 aromatic rings. The van der Waals surface area contributed by atoms with Crippen molar-refractivity contribution in [2.75, 3.05) is 0 Å². The first-order chi connectivity index (χ1) is 2.00. The van der Waals surface area contributed by atoms with Crippen LogP contribution in [0.5, 0.6) is 0 Å². The van der Waals surface area contributed by atoms with Gasteiger partial charge in [-0.1, -0.05) is 0 Å². The fraction of sp³-hybridized carbons (Fsp3) is 0. The molecule has 0 saturated carbocycles. The first-order valence-corrected chi connectivity index (χ1v) is 13.6. The molecule has 0 aromatic carbocycles. The van der Waals surface area contributed by atoms with Gasteiger partial charge in [0.2, 0.25) is 0 Å². The van der Waals surface area contributed by atoms with Gasteiger partial charge >= 0.3 is 75.7 Å². The molecule has 0 rings (SSSR count). The SMILES string of the molecule is [Te]=[Cu](=[Te])(=[Te])=[Te]. The van der Waals surface area contributed by atoms with Gasteiger partial charge in [-0.15, -0.1) is 0 Å². The summed E-state index contributed by atoms with van der Waals surface area (Å²) in [5.41, 5.74) is 0. The zero-order valence-corrected chi connectivity index (χ0v) is 12.2. The van der Waals surface area contributed by atoms with Crippen molar-refractivity contribution in [3.8, 4) is 0 Å². The van der Waals surface area contributed by atoms with Crippen molar-refractivity contribution in [1.82, 2.24) is 0 Å². The molecule has 0 spiro atoms. The third kappa shape index (κ3) is 18.3. The van der Waals surface area contributed by atoms with E-state index in [1.807, 2.05) is 0 Å². The second kappa shape index (κ2) is 3.66. The molecule has 0 aromatic heterocycles. The molecule has 0 aliphatic carbocycles. The molecule has 0 bridgehead atoms. The molecule has 0 N–H and O–H groups in total. The fourth-order valence-electron chi connectivity index (χ4n) is 0. The van der Waals surface area contributed by atoms with Crippen LogP contribution in [0.25, 0.3) is 0 Å². The van der Waals surface area contributed by atoms with Gasteiger partial charge in [0, 0.05) is 0 Å². The van der Waals surface area contributed by atoms with E-state index in [-0.39, 0.29) is -2.16 Å². The van der Waals surface area contributed by atoms with Crippen molar-refractivity contribution in [3.63, 3.8) is 0 Å². The summed E-state index contributed by atoms with van der Waals surface area (Å²) in [5.74, 6) is 0. The summed E-state index contributed by atoms with van der Waals surface area (Å²) in [5, 5.41) is 0. The van der Waals surface area contributed by atoms with E-state index in [4.69, 9.17) is 0 Å². The number of rotatable bonds is 0. The average molecular weight is 574 g/mol. The minimum atomic E-state index is -0.0850. The van der Waals surface area contributed by atoms with Crippen LogP contribution in [0.3, 0.4) is 0 Å². The summed E-state index contributed by atoms with van der Waals surface area (Å²) in [4.78, 5) is 0. The van der Waals surface area contributed by atoms with Crippen LogP contribution in [0.15, 0.2) is 0 Å². The molecule has 0 radical (unpaired) electrons. The Balaban J connectivity index is 6.05. The summed E-state index contributed by atoms with van der Waals surface area (Å²) >= 11 is 8.86. The minimum absolute atomic E-state index is 0.0850. The molecular weight excluding hydrogens is 574 g/mol. The normalized spacial score (nSPS) is 14.4. The van der Waals surface area contributed by atoms with Crippen LogP contribution in [0.1, 0.15) is 0 Å². The van der Waals surface area contributed by atoms with Gasteiger partial charge in [-0.05, 0) is 0 Å². The zero-order chi connectivity index (χ0) is 4.50. The van der Waals surface area contributed by atoms with Crippen molar-refractivity contribution >= 4 is 77.9 Å². The number of hydrogen-bond donors (Lipinski definition) is 0. The second-order valence-corrected chi connectivity index (χ2v) is 55.9. The summed E-state index contributed by atoms with van der Waals surface area (Å²) in [6, 6.07) is 0. The topological polar surface area (TPSA) is 0 Å². The molecule has 0 heterocycles. The molecule has 35 valence electrons. The monoisotopic (exact) mass is 583 g/mol. The molecule has 0 saturated heterocycles. The van der Waals surface area contributed by atoms with Crippen LogP contribution in [0, 0.1) is 0 Å². The molecule has 0 amide bonds. The predicted molar refractivity (Wildman–Crippen MR) is 23.0 cm³/mol. The Kier molecular flexibility index (Phi) is 6.34. The van der Waals surface area contributed by atoms with Crippen molar-refractivity contribution < 1.29 is -2.16 Å². The third-order valence-electron chi connectivity index (χ3n) is 0. The molecule has 0 aliphatic heterocycles. The van der Waals surface area contributed by atoms with Gasteiger partial charge < -0.3 is 0 Å². The molecule has 0 unspecified atom stereocenters. The first kappa shape index (κ1) is 8.68. The molecule has 5 heavy (non-hydrogen) atoms. The Hall–Kier alpha value is 3.68.